The van der Waals surface area contributed by atoms with Gasteiger partial charge in [-0.05, 0) is 32.9 Å². The highest BCUT2D eigenvalue weighted by Gasteiger charge is 2.03. The Bertz CT molecular complexity index is 351. The molecule has 4 nitrogen and oxygen atoms in total. The standard InChI is InChI=1S/C12H18N2O2/c1-4-16-11-7-5-6-10(8-11)14-12(15)13-9(2)3/h5-9H,4H2,1-3H3,(H2,13,14,15). The highest BCUT2D eigenvalue weighted by Crippen LogP contribution is 2.16. The topological polar surface area (TPSA) is 50.4 Å². The lowest BCUT2D eigenvalue weighted by Crippen LogP contribution is -2.34. The molecule has 0 radical (unpaired) electrons. The van der Waals surface area contributed by atoms with Gasteiger partial charge >= 0.3 is 6.03 Å². The van der Waals surface area contributed by atoms with Crippen molar-refractivity contribution in [1.29, 1.82) is 0 Å². The highest BCUT2D eigenvalue weighted by molar-refractivity contribution is 5.89. The minimum absolute atomic E-state index is 0.120. The lowest BCUT2D eigenvalue weighted by atomic mass is 10.3. The third kappa shape index (κ3) is 4.21. The third-order valence-electron chi connectivity index (χ3n) is 1.82. The summed E-state index contributed by atoms with van der Waals surface area (Å²) in [6.07, 6.45) is 0. The van der Waals surface area contributed by atoms with E-state index in [1.54, 1.807) is 6.07 Å². The second kappa shape index (κ2) is 6.00. The van der Waals surface area contributed by atoms with Crippen LogP contribution in [0.25, 0.3) is 0 Å². The van der Waals surface area contributed by atoms with Crippen molar-refractivity contribution in [2.24, 2.45) is 0 Å². The van der Waals surface area contributed by atoms with Crippen molar-refractivity contribution in [3.05, 3.63) is 24.3 Å². The number of anilines is 1. The molecule has 0 saturated heterocycles. The summed E-state index contributed by atoms with van der Waals surface area (Å²) in [7, 11) is 0. The average molecular weight is 222 g/mol. The molecule has 0 spiro atoms. The van der Waals surface area contributed by atoms with Crippen LogP contribution >= 0.6 is 0 Å². The summed E-state index contributed by atoms with van der Waals surface area (Å²) in [6.45, 7) is 6.36. The molecule has 0 aliphatic heterocycles. The van der Waals surface area contributed by atoms with Crippen molar-refractivity contribution in [2.75, 3.05) is 11.9 Å². The molecule has 1 aromatic rings. The van der Waals surface area contributed by atoms with Crippen molar-refractivity contribution >= 4 is 11.7 Å². The Hall–Kier alpha value is -1.71. The number of nitrogens with one attached hydrogen (secondary N) is 2. The number of hydrogen-bond donors (Lipinski definition) is 2. The number of urea groups is 1. The van der Waals surface area contributed by atoms with E-state index in [4.69, 9.17) is 4.74 Å². The summed E-state index contributed by atoms with van der Waals surface area (Å²) in [4.78, 5) is 11.4. The molecular formula is C12H18N2O2. The van der Waals surface area contributed by atoms with Gasteiger partial charge in [-0.25, -0.2) is 4.79 Å². The average Bonchev–Trinajstić information content (AvgIpc) is 2.17. The predicted molar refractivity (Wildman–Crippen MR) is 64.9 cm³/mol. The molecule has 0 fully saturated rings. The van der Waals surface area contributed by atoms with Crippen LogP contribution in [-0.2, 0) is 0 Å². The maximum absolute atomic E-state index is 11.4. The largest absolute Gasteiger partial charge is 0.494 e. The smallest absolute Gasteiger partial charge is 0.319 e. The van der Waals surface area contributed by atoms with E-state index >= 15 is 0 Å². The van der Waals surface area contributed by atoms with Crippen molar-refractivity contribution in [2.45, 2.75) is 26.8 Å². The predicted octanol–water partition coefficient (Wildman–Crippen LogP) is 2.62. The molecule has 1 aromatic carbocycles. The van der Waals surface area contributed by atoms with Crippen LogP contribution in [0.4, 0.5) is 10.5 Å². The number of carbonyl (C=O) groups is 1. The van der Waals surface area contributed by atoms with E-state index in [0.29, 0.717) is 6.61 Å². The van der Waals surface area contributed by atoms with Gasteiger partial charge in [0, 0.05) is 17.8 Å². The van der Waals surface area contributed by atoms with E-state index in [0.717, 1.165) is 11.4 Å². The summed E-state index contributed by atoms with van der Waals surface area (Å²) in [5.41, 5.74) is 0.726. The zero-order chi connectivity index (χ0) is 12.0. The first kappa shape index (κ1) is 12.4. The van der Waals surface area contributed by atoms with Crippen LogP contribution in [0.3, 0.4) is 0 Å². The molecule has 0 atom stereocenters. The number of hydrogen-bond acceptors (Lipinski definition) is 2. The molecule has 0 bridgehead atoms. The zero-order valence-electron chi connectivity index (χ0n) is 9.91. The number of benzene rings is 1. The first-order valence-electron chi connectivity index (χ1n) is 5.42. The molecule has 2 N–H and O–H groups in total. The van der Waals surface area contributed by atoms with Gasteiger partial charge in [0.1, 0.15) is 5.75 Å². The minimum Gasteiger partial charge on any atom is -0.494 e. The van der Waals surface area contributed by atoms with Gasteiger partial charge < -0.3 is 15.4 Å². The second-order valence-corrected chi connectivity index (χ2v) is 3.71. The van der Waals surface area contributed by atoms with E-state index in [9.17, 15) is 4.79 Å². The van der Waals surface area contributed by atoms with E-state index in [2.05, 4.69) is 10.6 Å². The monoisotopic (exact) mass is 222 g/mol. The first-order valence-corrected chi connectivity index (χ1v) is 5.42. The molecule has 88 valence electrons. The molecule has 0 aliphatic rings. The third-order valence-corrected chi connectivity index (χ3v) is 1.82. The number of carbonyl (C=O) groups excluding carboxylic acids is 1. The molecule has 4 heteroatoms. The van der Waals surface area contributed by atoms with Crippen LogP contribution in [0.15, 0.2) is 24.3 Å². The Labute approximate surface area is 96.0 Å². The summed E-state index contributed by atoms with van der Waals surface area (Å²) < 4.78 is 5.34. The van der Waals surface area contributed by atoms with Crippen molar-refractivity contribution in [3.8, 4) is 5.75 Å². The summed E-state index contributed by atoms with van der Waals surface area (Å²) in [5, 5.41) is 5.49. The maximum Gasteiger partial charge on any atom is 0.319 e. The van der Waals surface area contributed by atoms with Crippen LogP contribution in [0.1, 0.15) is 20.8 Å². The Kier molecular flexibility index (Phi) is 4.64. The molecule has 0 heterocycles. The van der Waals surface area contributed by atoms with E-state index in [-0.39, 0.29) is 12.1 Å². The van der Waals surface area contributed by atoms with Crippen LogP contribution in [0, 0.1) is 0 Å². The van der Waals surface area contributed by atoms with Gasteiger partial charge in [-0.1, -0.05) is 6.07 Å². The van der Waals surface area contributed by atoms with Gasteiger partial charge in [0.15, 0.2) is 0 Å². The van der Waals surface area contributed by atoms with E-state index < -0.39 is 0 Å². The van der Waals surface area contributed by atoms with Crippen LogP contribution < -0.4 is 15.4 Å². The summed E-state index contributed by atoms with van der Waals surface area (Å²) >= 11 is 0. The second-order valence-electron chi connectivity index (χ2n) is 3.71. The maximum atomic E-state index is 11.4. The normalized spacial score (nSPS) is 10.0. The summed E-state index contributed by atoms with van der Waals surface area (Å²) in [6, 6.07) is 7.23. The van der Waals surface area contributed by atoms with Gasteiger partial charge in [0.05, 0.1) is 6.61 Å². The molecular weight excluding hydrogens is 204 g/mol. The lowest BCUT2D eigenvalue weighted by molar-refractivity contribution is 0.250. The molecule has 0 saturated carbocycles. The molecule has 1 rings (SSSR count). The molecule has 2 amide bonds. The fourth-order valence-electron chi connectivity index (χ4n) is 1.26. The Morgan fingerprint density at radius 2 is 2.19 bits per heavy atom. The molecule has 0 aromatic heterocycles. The van der Waals surface area contributed by atoms with Crippen molar-refractivity contribution < 1.29 is 9.53 Å². The van der Waals surface area contributed by atoms with Crippen LogP contribution in [-0.4, -0.2) is 18.7 Å². The SMILES string of the molecule is CCOc1cccc(NC(=O)NC(C)C)c1. The number of ether oxygens (including phenoxy) is 1. The Morgan fingerprint density at radius 1 is 1.44 bits per heavy atom. The molecule has 0 aliphatic carbocycles. The van der Waals surface area contributed by atoms with Crippen LogP contribution in [0.5, 0.6) is 5.75 Å². The number of amides is 2. The van der Waals surface area contributed by atoms with Gasteiger partial charge in [0.2, 0.25) is 0 Å². The minimum atomic E-state index is -0.205. The Balaban J connectivity index is 2.59. The highest BCUT2D eigenvalue weighted by atomic mass is 16.5. The van der Waals surface area contributed by atoms with Gasteiger partial charge in [0.25, 0.3) is 0 Å². The van der Waals surface area contributed by atoms with Gasteiger partial charge in [-0.2, -0.15) is 0 Å². The lowest BCUT2D eigenvalue weighted by Gasteiger charge is -2.11. The van der Waals surface area contributed by atoms with Crippen molar-refractivity contribution in [3.63, 3.8) is 0 Å². The number of rotatable bonds is 4. The molecule has 0 unspecified atom stereocenters. The van der Waals surface area contributed by atoms with E-state index in [1.165, 1.54) is 0 Å². The van der Waals surface area contributed by atoms with E-state index in [1.807, 2.05) is 39.0 Å². The van der Waals surface area contributed by atoms with Gasteiger partial charge in [-0.15, -0.1) is 0 Å². The summed E-state index contributed by atoms with van der Waals surface area (Å²) in [5.74, 6) is 0.754. The molecule has 16 heavy (non-hydrogen) atoms. The van der Waals surface area contributed by atoms with Gasteiger partial charge in [-0.3, -0.25) is 0 Å². The fourth-order valence-corrected chi connectivity index (χ4v) is 1.26. The fraction of sp³-hybridized carbons (Fsp3) is 0.417. The quantitative estimate of drug-likeness (QED) is 0.822. The van der Waals surface area contributed by atoms with Crippen LogP contribution in [0.2, 0.25) is 0 Å². The first-order chi connectivity index (χ1) is 7.61. The van der Waals surface area contributed by atoms with Crippen molar-refractivity contribution in [1.82, 2.24) is 5.32 Å². The Morgan fingerprint density at radius 3 is 2.81 bits per heavy atom. The zero-order valence-corrected chi connectivity index (χ0v) is 9.91.